The Balaban J connectivity index is 2.50. The Morgan fingerprint density at radius 1 is 1.26 bits per heavy atom. The number of nitrogens with zero attached hydrogens (tertiary/aromatic N) is 6. The molecule has 0 radical (unpaired) electrons. The van der Waals surface area contributed by atoms with E-state index in [0.29, 0.717) is 0 Å². The number of fused-ring (bicyclic) bond motifs is 1. The van der Waals surface area contributed by atoms with Crippen molar-refractivity contribution < 1.29 is 35.9 Å². The molecule has 2 aliphatic rings. The molecule has 2 heterocycles. The van der Waals surface area contributed by atoms with Gasteiger partial charge >= 0.3 is 17.7 Å². The molecule has 130 valence electrons. The zero-order valence-corrected chi connectivity index (χ0v) is 12.4. The highest BCUT2D eigenvalue weighted by Crippen LogP contribution is 2.50. The van der Waals surface area contributed by atoms with Crippen LogP contribution in [0.2, 0.25) is 0 Å². The Labute approximate surface area is 126 Å². The fourth-order valence-corrected chi connectivity index (χ4v) is 1.94. The van der Waals surface area contributed by atoms with Gasteiger partial charge in [0.15, 0.2) is 5.83 Å². The Morgan fingerprint density at radius 2 is 1.83 bits per heavy atom. The van der Waals surface area contributed by atoms with Gasteiger partial charge in [0.2, 0.25) is 5.84 Å². The fraction of sp³-hybridized carbons (Fsp3) is 0.600. The highest BCUT2D eigenvalue weighted by molar-refractivity contribution is 5.94. The topological polar surface area (TPSA) is 37.6 Å². The predicted octanol–water partition coefficient (Wildman–Crippen LogP) is 1.15. The first-order valence-electron chi connectivity index (χ1n) is 6.08. The van der Waals surface area contributed by atoms with Crippen molar-refractivity contribution in [1.82, 2.24) is 20.6 Å². The maximum absolute atomic E-state index is 14.5. The third-order valence-corrected chi connectivity index (χ3v) is 2.98. The van der Waals surface area contributed by atoms with Crippen LogP contribution in [0.3, 0.4) is 0 Å². The van der Waals surface area contributed by atoms with Crippen LogP contribution in [0.25, 0.3) is 0 Å². The van der Waals surface area contributed by atoms with Gasteiger partial charge in [0.1, 0.15) is 0 Å². The lowest BCUT2D eigenvalue weighted by molar-refractivity contribution is -0.497. The molecular formula is C10H13F6N6O+. The smallest absolute Gasteiger partial charge is 0.281 e. The molecule has 0 aliphatic carbocycles. The summed E-state index contributed by atoms with van der Waals surface area (Å²) in [4.78, 5) is 9.17. The van der Waals surface area contributed by atoms with Crippen LogP contribution >= 0.6 is 0 Å². The molecule has 2 aliphatic heterocycles. The summed E-state index contributed by atoms with van der Waals surface area (Å²) >= 11 is 0. The van der Waals surface area contributed by atoms with Crippen molar-refractivity contribution in [3.8, 4) is 0 Å². The van der Waals surface area contributed by atoms with Gasteiger partial charge in [0, 0.05) is 5.23 Å². The van der Waals surface area contributed by atoms with Crippen molar-refractivity contribution in [2.24, 2.45) is 4.99 Å². The van der Waals surface area contributed by atoms with Crippen molar-refractivity contribution in [1.29, 1.82) is 0 Å². The second-order valence-corrected chi connectivity index (χ2v) is 5.06. The molecular weight excluding hydrogens is 334 g/mol. The lowest BCUT2D eigenvalue weighted by Gasteiger charge is -2.30. The molecule has 0 aromatic heterocycles. The maximum atomic E-state index is 14.5. The largest absolute Gasteiger partial charge is 0.471 e. The molecule has 1 atom stereocenters. The summed E-state index contributed by atoms with van der Waals surface area (Å²) in [5.74, 6) is -13.4. The number of aliphatic imine (C=N–C) groups is 1. The molecule has 0 saturated carbocycles. The van der Waals surface area contributed by atoms with E-state index in [2.05, 4.69) is 4.99 Å². The summed E-state index contributed by atoms with van der Waals surface area (Å²) in [6.45, 7) is 0. The molecule has 0 aromatic carbocycles. The van der Waals surface area contributed by atoms with Crippen LogP contribution in [0, 0.1) is 0 Å². The number of amidine groups is 2. The summed E-state index contributed by atoms with van der Waals surface area (Å²) < 4.78 is 83.8. The zero-order chi connectivity index (χ0) is 17.7. The van der Waals surface area contributed by atoms with Gasteiger partial charge in [0.05, 0.1) is 39.7 Å². The van der Waals surface area contributed by atoms with Crippen LogP contribution in [0.5, 0.6) is 0 Å². The van der Waals surface area contributed by atoms with Crippen molar-refractivity contribution in [2.75, 3.05) is 28.2 Å². The highest BCUT2D eigenvalue weighted by Gasteiger charge is 2.77. The van der Waals surface area contributed by atoms with E-state index in [9.17, 15) is 26.5 Å². The van der Waals surface area contributed by atoms with Crippen LogP contribution in [0.15, 0.2) is 17.0 Å². The number of hydroxylamine groups is 1. The van der Waals surface area contributed by atoms with Crippen molar-refractivity contribution in [3.63, 3.8) is 0 Å². The normalized spacial score (nSPS) is 27.3. The number of hydrazine groups is 2. The van der Waals surface area contributed by atoms with E-state index in [1.807, 2.05) is 0 Å². The first-order chi connectivity index (χ1) is 10.5. The van der Waals surface area contributed by atoms with Crippen molar-refractivity contribution >= 4 is 11.9 Å². The van der Waals surface area contributed by atoms with E-state index in [-0.39, 0.29) is 17.4 Å². The third kappa shape index (κ3) is 2.22. The number of halogens is 6. The van der Waals surface area contributed by atoms with Crippen molar-refractivity contribution in [2.45, 2.75) is 11.7 Å². The van der Waals surface area contributed by atoms with E-state index >= 15 is 0 Å². The Kier molecular flexibility index (Phi) is 3.97. The summed E-state index contributed by atoms with van der Waals surface area (Å²) in [6, 6.07) is -0.175. The Hall–Kier alpha value is -2.02. The van der Waals surface area contributed by atoms with Gasteiger partial charge in [-0.3, -0.25) is 4.84 Å². The van der Waals surface area contributed by atoms with Crippen LogP contribution in [0.4, 0.5) is 26.5 Å². The van der Waals surface area contributed by atoms with Gasteiger partial charge < -0.3 is 0 Å². The maximum Gasteiger partial charge on any atom is 0.471 e. The lowest BCUT2D eigenvalue weighted by Crippen LogP contribution is -2.58. The van der Waals surface area contributed by atoms with Crippen LogP contribution < -0.4 is 0 Å². The second kappa shape index (κ2) is 5.26. The fourth-order valence-electron chi connectivity index (χ4n) is 1.94. The summed E-state index contributed by atoms with van der Waals surface area (Å²) in [5, 5.41) is -3.14. The highest BCUT2D eigenvalue weighted by atomic mass is 19.3. The number of alkyl halides is 3. The quantitative estimate of drug-likeness (QED) is 0.178. The number of hydrogen-bond acceptors (Lipinski definition) is 5. The molecule has 7 nitrogen and oxygen atoms in total. The van der Waals surface area contributed by atoms with Crippen LogP contribution in [-0.4, -0.2) is 77.0 Å². The van der Waals surface area contributed by atoms with E-state index < -0.39 is 33.9 Å². The van der Waals surface area contributed by atoms with Gasteiger partial charge in [-0.05, 0) is 0 Å². The predicted molar refractivity (Wildman–Crippen MR) is 65.0 cm³/mol. The first-order valence-corrected chi connectivity index (χ1v) is 6.08. The van der Waals surface area contributed by atoms with Gasteiger partial charge in [-0.25, -0.2) is 23.2 Å². The van der Waals surface area contributed by atoms with Gasteiger partial charge in [-0.1, -0.05) is 9.65 Å². The molecule has 0 amide bonds. The average molecular weight is 347 g/mol. The lowest BCUT2D eigenvalue weighted by atomic mass is 10.0. The summed E-state index contributed by atoms with van der Waals surface area (Å²) in [7, 11) is 5.78. The Bertz CT molecular complexity index is 603. The van der Waals surface area contributed by atoms with Crippen molar-refractivity contribution in [3.05, 3.63) is 12.0 Å². The minimum atomic E-state index is -5.02. The molecule has 13 heteroatoms. The molecule has 2 rings (SSSR count). The molecule has 1 unspecified atom stereocenters. The van der Waals surface area contributed by atoms with Crippen LogP contribution in [0.1, 0.15) is 0 Å². The average Bonchev–Trinajstić information content (AvgIpc) is 2.63. The number of rotatable bonds is 1. The SMILES string of the molecule is CN(C)C(ON1C2=NC=C(F)C(F)(F)C2(F)N(F)N1F)=[N+](C)C. The minimum absolute atomic E-state index is 0.0402. The zero-order valence-electron chi connectivity index (χ0n) is 12.4. The minimum Gasteiger partial charge on any atom is -0.281 e. The first kappa shape index (κ1) is 17.3. The van der Waals surface area contributed by atoms with E-state index in [4.69, 9.17) is 4.84 Å². The molecule has 0 spiro atoms. The van der Waals surface area contributed by atoms with Gasteiger partial charge in [0.25, 0.3) is 0 Å². The summed E-state index contributed by atoms with van der Waals surface area (Å²) in [5.41, 5.74) is 0. The summed E-state index contributed by atoms with van der Waals surface area (Å²) in [6.07, 6.45) is -0.0402. The second-order valence-electron chi connectivity index (χ2n) is 5.06. The molecule has 1 fully saturated rings. The number of hydrogen-bond donors (Lipinski definition) is 0. The molecule has 23 heavy (non-hydrogen) atoms. The molecule has 0 N–H and O–H groups in total. The van der Waals surface area contributed by atoms with E-state index in [0.717, 1.165) is 0 Å². The third-order valence-electron chi connectivity index (χ3n) is 2.98. The Morgan fingerprint density at radius 3 is 2.30 bits per heavy atom. The van der Waals surface area contributed by atoms with E-state index in [1.54, 1.807) is 0 Å². The van der Waals surface area contributed by atoms with Crippen LogP contribution in [-0.2, 0) is 4.84 Å². The van der Waals surface area contributed by atoms with E-state index in [1.165, 1.54) is 37.7 Å². The van der Waals surface area contributed by atoms with Gasteiger partial charge in [-0.15, -0.1) is 4.48 Å². The molecule has 0 aromatic rings. The van der Waals surface area contributed by atoms with Gasteiger partial charge in [-0.2, -0.15) is 8.78 Å². The standard InChI is InChI=1S/C10H13F6N6O/c1-18(2)8(19(3)4)23-20-7-10(14,21(15)22(20)16)9(12,13)6(11)5-17-7/h5H,1-4H3/q+1. The monoisotopic (exact) mass is 347 g/mol. The molecule has 1 saturated heterocycles. The molecule has 0 bridgehead atoms.